The predicted molar refractivity (Wildman–Crippen MR) is 73.4 cm³/mol. The van der Waals surface area contributed by atoms with Crippen molar-refractivity contribution in [2.24, 2.45) is 11.1 Å². The standard InChI is InChI=1S/C11H16N4O2S2/c1-8(2)6-15-10(5-9-3-4-18-7-9)13-14-11(15)19(12,16)17/h3-4,7-8H,5-6H2,1-2H3,(H2,12,16,17). The molecule has 0 radical (unpaired) electrons. The molecule has 0 saturated carbocycles. The first kappa shape index (κ1) is 14.2. The summed E-state index contributed by atoms with van der Waals surface area (Å²) in [5, 5.41) is 16.7. The Kier molecular flexibility index (Phi) is 4.02. The molecule has 104 valence electrons. The van der Waals surface area contributed by atoms with Crippen LogP contribution in [0.3, 0.4) is 0 Å². The first-order chi connectivity index (χ1) is 8.88. The molecule has 2 N–H and O–H groups in total. The van der Waals surface area contributed by atoms with E-state index in [-0.39, 0.29) is 11.1 Å². The van der Waals surface area contributed by atoms with Crippen molar-refractivity contribution in [1.29, 1.82) is 0 Å². The van der Waals surface area contributed by atoms with Crippen molar-refractivity contribution in [2.75, 3.05) is 0 Å². The summed E-state index contributed by atoms with van der Waals surface area (Å²) in [4.78, 5) is 0. The van der Waals surface area contributed by atoms with Gasteiger partial charge < -0.3 is 4.57 Å². The zero-order chi connectivity index (χ0) is 14.0. The summed E-state index contributed by atoms with van der Waals surface area (Å²) in [6.45, 7) is 4.53. The van der Waals surface area contributed by atoms with Crippen LogP contribution in [-0.4, -0.2) is 23.2 Å². The van der Waals surface area contributed by atoms with Gasteiger partial charge in [-0.25, -0.2) is 13.6 Å². The van der Waals surface area contributed by atoms with E-state index in [1.54, 1.807) is 15.9 Å². The van der Waals surface area contributed by atoms with Crippen LogP contribution in [0.5, 0.6) is 0 Å². The van der Waals surface area contributed by atoms with Gasteiger partial charge in [-0.15, -0.1) is 10.2 Å². The minimum absolute atomic E-state index is 0.161. The molecule has 2 aromatic rings. The van der Waals surface area contributed by atoms with Gasteiger partial charge in [-0.2, -0.15) is 11.3 Å². The monoisotopic (exact) mass is 300 g/mol. The molecule has 8 heteroatoms. The molecule has 2 rings (SSSR count). The van der Waals surface area contributed by atoms with E-state index in [4.69, 9.17) is 5.14 Å². The van der Waals surface area contributed by atoms with Gasteiger partial charge in [0.2, 0.25) is 0 Å². The highest BCUT2D eigenvalue weighted by Crippen LogP contribution is 2.16. The molecular formula is C11H16N4O2S2. The molecule has 0 bridgehead atoms. The number of sulfonamides is 1. The molecule has 0 amide bonds. The van der Waals surface area contributed by atoms with E-state index in [1.807, 2.05) is 30.7 Å². The molecule has 0 aliphatic carbocycles. The topological polar surface area (TPSA) is 90.9 Å². The Balaban J connectivity index is 2.41. The van der Waals surface area contributed by atoms with Crippen LogP contribution in [0.25, 0.3) is 0 Å². The van der Waals surface area contributed by atoms with Crippen molar-refractivity contribution >= 4 is 21.4 Å². The summed E-state index contributed by atoms with van der Waals surface area (Å²) in [7, 11) is -3.85. The average molecular weight is 300 g/mol. The normalized spacial score (nSPS) is 12.2. The van der Waals surface area contributed by atoms with Gasteiger partial charge in [0.15, 0.2) is 0 Å². The van der Waals surface area contributed by atoms with E-state index in [0.717, 1.165) is 5.56 Å². The van der Waals surface area contributed by atoms with Crippen LogP contribution in [0.2, 0.25) is 0 Å². The molecule has 0 aliphatic heterocycles. The number of nitrogens with zero attached hydrogens (tertiary/aromatic N) is 3. The van der Waals surface area contributed by atoms with Crippen LogP contribution in [0.1, 0.15) is 25.2 Å². The quantitative estimate of drug-likeness (QED) is 0.899. The SMILES string of the molecule is CC(C)Cn1c(Cc2ccsc2)nnc1S(N)(=O)=O. The van der Waals surface area contributed by atoms with Crippen LogP contribution in [0.15, 0.2) is 22.0 Å². The second kappa shape index (κ2) is 5.40. The van der Waals surface area contributed by atoms with Gasteiger partial charge in [0.05, 0.1) is 0 Å². The molecule has 0 spiro atoms. The average Bonchev–Trinajstić information content (AvgIpc) is 2.88. The summed E-state index contributed by atoms with van der Waals surface area (Å²) in [6.07, 6.45) is 0.554. The summed E-state index contributed by atoms with van der Waals surface area (Å²) in [5.41, 5.74) is 1.09. The Morgan fingerprint density at radius 1 is 1.42 bits per heavy atom. The molecule has 2 aromatic heterocycles. The smallest absolute Gasteiger partial charge is 0.273 e. The van der Waals surface area contributed by atoms with Gasteiger partial charge in [0, 0.05) is 13.0 Å². The number of rotatable bonds is 5. The van der Waals surface area contributed by atoms with Gasteiger partial charge >= 0.3 is 0 Å². The van der Waals surface area contributed by atoms with E-state index in [2.05, 4.69) is 10.2 Å². The summed E-state index contributed by atoms with van der Waals surface area (Å²) >= 11 is 1.59. The number of nitrogens with two attached hydrogens (primary N) is 1. The van der Waals surface area contributed by atoms with Crippen LogP contribution in [-0.2, 0) is 23.0 Å². The maximum absolute atomic E-state index is 11.5. The summed E-state index contributed by atoms with van der Waals surface area (Å²) < 4.78 is 24.6. The molecule has 0 saturated heterocycles. The van der Waals surface area contributed by atoms with Crippen molar-refractivity contribution in [3.05, 3.63) is 28.2 Å². The fraction of sp³-hybridized carbons (Fsp3) is 0.455. The van der Waals surface area contributed by atoms with E-state index >= 15 is 0 Å². The van der Waals surface area contributed by atoms with Crippen LogP contribution in [0.4, 0.5) is 0 Å². The highest BCUT2D eigenvalue weighted by Gasteiger charge is 2.21. The van der Waals surface area contributed by atoms with E-state index in [1.165, 1.54) is 0 Å². The molecular weight excluding hydrogens is 284 g/mol. The lowest BCUT2D eigenvalue weighted by atomic mass is 10.2. The zero-order valence-electron chi connectivity index (χ0n) is 10.8. The Hall–Kier alpha value is -1.25. The maximum atomic E-state index is 11.5. The third kappa shape index (κ3) is 3.40. The lowest BCUT2D eigenvalue weighted by Crippen LogP contribution is -2.21. The number of hydrogen-bond acceptors (Lipinski definition) is 5. The predicted octanol–water partition coefficient (Wildman–Crippen LogP) is 1.23. The Labute approximate surface area is 116 Å². The van der Waals surface area contributed by atoms with Gasteiger partial charge in [-0.1, -0.05) is 13.8 Å². The van der Waals surface area contributed by atoms with Crippen molar-refractivity contribution in [1.82, 2.24) is 14.8 Å². The Morgan fingerprint density at radius 3 is 2.68 bits per heavy atom. The lowest BCUT2D eigenvalue weighted by Gasteiger charge is -2.11. The zero-order valence-corrected chi connectivity index (χ0v) is 12.4. The lowest BCUT2D eigenvalue weighted by molar-refractivity contribution is 0.472. The fourth-order valence-electron chi connectivity index (χ4n) is 1.78. The van der Waals surface area contributed by atoms with Crippen LogP contribution in [0, 0.1) is 5.92 Å². The second-order valence-corrected chi connectivity index (χ2v) is 6.99. The highest BCUT2D eigenvalue weighted by molar-refractivity contribution is 7.89. The fourth-order valence-corrected chi connectivity index (χ4v) is 3.09. The van der Waals surface area contributed by atoms with Crippen molar-refractivity contribution in [2.45, 2.75) is 32.0 Å². The molecule has 0 aliphatic rings. The molecule has 0 atom stereocenters. The van der Waals surface area contributed by atoms with Gasteiger partial charge in [-0.05, 0) is 28.3 Å². The summed E-state index contributed by atoms with van der Waals surface area (Å²) in [6, 6.07) is 1.98. The van der Waals surface area contributed by atoms with E-state index < -0.39 is 10.0 Å². The number of hydrogen-bond donors (Lipinski definition) is 1. The molecule has 19 heavy (non-hydrogen) atoms. The first-order valence-electron chi connectivity index (χ1n) is 5.84. The van der Waals surface area contributed by atoms with Gasteiger partial charge in [-0.3, -0.25) is 0 Å². The van der Waals surface area contributed by atoms with Crippen molar-refractivity contribution in [3.63, 3.8) is 0 Å². The molecule has 6 nitrogen and oxygen atoms in total. The number of thiophene rings is 1. The van der Waals surface area contributed by atoms with Crippen molar-refractivity contribution < 1.29 is 8.42 Å². The highest BCUT2D eigenvalue weighted by atomic mass is 32.2. The molecule has 2 heterocycles. The van der Waals surface area contributed by atoms with E-state index in [9.17, 15) is 8.42 Å². The second-order valence-electron chi connectivity index (χ2n) is 4.76. The molecule has 0 unspecified atom stereocenters. The minimum Gasteiger partial charge on any atom is -0.300 e. The van der Waals surface area contributed by atoms with Crippen LogP contribution < -0.4 is 5.14 Å². The number of aromatic nitrogens is 3. The number of primary sulfonamides is 1. The molecule has 0 aromatic carbocycles. The van der Waals surface area contributed by atoms with E-state index in [0.29, 0.717) is 18.8 Å². The third-order valence-corrected chi connectivity index (χ3v) is 4.08. The Morgan fingerprint density at radius 2 is 2.16 bits per heavy atom. The molecule has 0 fully saturated rings. The van der Waals surface area contributed by atoms with Gasteiger partial charge in [0.25, 0.3) is 15.2 Å². The van der Waals surface area contributed by atoms with Crippen LogP contribution >= 0.6 is 11.3 Å². The minimum atomic E-state index is -3.85. The third-order valence-electron chi connectivity index (χ3n) is 2.54. The van der Waals surface area contributed by atoms with Gasteiger partial charge in [0.1, 0.15) is 5.82 Å². The Bertz CT molecular complexity index is 644. The first-order valence-corrected chi connectivity index (χ1v) is 8.33. The summed E-state index contributed by atoms with van der Waals surface area (Å²) in [5.74, 6) is 0.897. The van der Waals surface area contributed by atoms with Crippen molar-refractivity contribution in [3.8, 4) is 0 Å². The largest absolute Gasteiger partial charge is 0.300 e. The maximum Gasteiger partial charge on any atom is 0.273 e.